The van der Waals surface area contributed by atoms with E-state index >= 15 is 0 Å². The Bertz CT molecular complexity index is 758. The predicted octanol–water partition coefficient (Wildman–Crippen LogP) is 2.14. The fraction of sp³-hybridized carbons (Fsp3) is 0.278. The number of rotatable bonds is 2. The largest absolute Gasteiger partial charge is 0.508 e. The number of benzene rings is 2. The van der Waals surface area contributed by atoms with Crippen molar-refractivity contribution in [3.8, 4) is 11.5 Å². The van der Waals surface area contributed by atoms with Gasteiger partial charge < -0.3 is 20.2 Å². The third-order valence-electron chi connectivity index (χ3n) is 4.39. The summed E-state index contributed by atoms with van der Waals surface area (Å²) in [5.41, 5.74) is 0.854. The molecule has 1 aliphatic rings. The molecule has 1 heterocycles. The van der Waals surface area contributed by atoms with Crippen LogP contribution in [-0.2, 0) is 5.60 Å². The van der Waals surface area contributed by atoms with Crippen molar-refractivity contribution < 1.29 is 20.1 Å². The molecule has 5 heteroatoms. The van der Waals surface area contributed by atoms with Gasteiger partial charge in [-0.3, -0.25) is 4.79 Å². The van der Waals surface area contributed by atoms with Gasteiger partial charge in [-0.1, -0.05) is 24.3 Å². The third kappa shape index (κ3) is 2.75. The quantitative estimate of drug-likeness (QED) is 0.793. The van der Waals surface area contributed by atoms with Crippen LogP contribution in [0.2, 0.25) is 0 Å². The number of carbonyl (C=O) groups is 1. The first-order chi connectivity index (χ1) is 10.9. The minimum atomic E-state index is -1.08. The predicted molar refractivity (Wildman–Crippen MR) is 85.4 cm³/mol. The molecule has 1 atom stereocenters. The molecule has 0 bridgehead atoms. The number of likely N-dealkylation sites (tertiary alicyclic amines) is 1. The molecule has 1 aliphatic heterocycles. The molecule has 3 N–H and O–H groups in total. The SMILES string of the molecule is Cc1ccccc1C1(O)CCN(C(=O)c2ccc(O)cc2O)C1. The van der Waals surface area contributed by atoms with Gasteiger partial charge in [0.05, 0.1) is 12.1 Å². The lowest BCUT2D eigenvalue weighted by Gasteiger charge is -2.25. The van der Waals surface area contributed by atoms with Crippen LogP contribution in [0.3, 0.4) is 0 Å². The second-order valence-electron chi connectivity index (χ2n) is 6.02. The fourth-order valence-electron chi connectivity index (χ4n) is 3.15. The first-order valence-electron chi connectivity index (χ1n) is 7.50. The zero-order valence-electron chi connectivity index (χ0n) is 12.9. The zero-order valence-corrected chi connectivity index (χ0v) is 12.9. The number of carbonyl (C=O) groups excluding carboxylic acids is 1. The van der Waals surface area contributed by atoms with E-state index in [0.29, 0.717) is 13.0 Å². The average Bonchev–Trinajstić information content (AvgIpc) is 2.90. The van der Waals surface area contributed by atoms with E-state index in [1.165, 1.54) is 17.0 Å². The molecule has 0 aliphatic carbocycles. The van der Waals surface area contributed by atoms with Gasteiger partial charge in [-0.2, -0.15) is 0 Å². The van der Waals surface area contributed by atoms with Crippen LogP contribution in [0, 0.1) is 6.92 Å². The van der Waals surface area contributed by atoms with Crippen LogP contribution in [0.1, 0.15) is 27.9 Å². The number of hydrogen-bond acceptors (Lipinski definition) is 4. The summed E-state index contributed by atoms with van der Waals surface area (Å²) in [5, 5.41) is 30.1. The van der Waals surface area contributed by atoms with Gasteiger partial charge >= 0.3 is 0 Å². The number of hydrogen-bond donors (Lipinski definition) is 3. The van der Waals surface area contributed by atoms with E-state index in [9.17, 15) is 20.1 Å². The van der Waals surface area contributed by atoms with E-state index in [0.717, 1.165) is 17.2 Å². The van der Waals surface area contributed by atoms with Crippen LogP contribution in [-0.4, -0.2) is 39.2 Å². The molecule has 2 aromatic rings. The molecule has 0 saturated carbocycles. The number of phenolic OH excluding ortho intramolecular Hbond substituents is 2. The first-order valence-corrected chi connectivity index (χ1v) is 7.50. The summed E-state index contributed by atoms with van der Waals surface area (Å²) in [4.78, 5) is 14.1. The van der Waals surface area contributed by atoms with Crippen molar-refractivity contribution in [3.63, 3.8) is 0 Å². The van der Waals surface area contributed by atoms with Gasteiger partial charge in [-0.05, 0) is 36.6 Å². The molecule has 0 aromatic heterocycles. The lowest BCUT2D eigenvalue weighted by Crippen LogP contribution is -2.34. The Balaban J connectivity index is 1.85. The van der Waals surface area contributed by atoms with Crippen LogP contribution in [0.25, 0.3) is 0 Å². The number of aliphatic hydroxyl groups is 1. The molecule has 1 saturated heterocycles. The van der Waals surface area contributed by atoms with E-state index in [2.05, 4.69) is 0 Å². The van der Waals surface area contributed by atoms with Gasteiger partial charge in [-0.15, -0.1) is 0 Å². The van der Waals surface area contributed by atoms with Gasteiger partial charge in [0.25, 0.3) is 5.91 Å². The Morgan fingerprint density at radius 2 is 1.91 bits per heavy atom. The van der Waals surface area contributed by atoms with Crippen LogP contribution < -0.4 is 0 Å². The van der Waals surface area contributed by atoms with Crippen LogP contribution in [0.4, 0.5) is 0 Å². The lowest BCUT2D eigenvalue weighted by molar-refractivity contribution is 0.0411. The van der Waals surface area contributed by atoms with Crippen LogP contribution in [0.5, 0.6) is 11.5 Å². The molecule has 0 radical (unpaired) electrons. The molecule has 23 heavy (non-hydrogen) atoms. The van der Waals surface area contributed by atoms with E-state index < -0.39 is 5.60 Å². The summed E-state index contributed by atoms with van der Waals surface area (Å²) in [6.07, 6.45) is 0.447. The first kappa shape index (κ1) is 15.4. The Hall–Kier alpha value is -2.53. The smallest absolute Gasteiger partial charge is 0.257 e. The monoisotopic (exact) mass is 313 g/mol. The van der Waals surface area contributed by atoms with Crippen molar-refractivity contribution in [2.45, 2.75) is 18.9 Å². The van der Waals surface area contributed by atoms with E-state index in [4.69, 9.17) is 0 Å². The highest BCUT2D eigenvalue weighted by Gasteiger charge is 2.40. The fourth-order valence-corrected chi connectivity index (χ4v) is 3.15. The maximum atomic E-state index is 12.6. The normalized spacial score (nSPS) is 20.7. The van der Waals surface area contributed by atoms with Crippen molar-refractivity contribution in [2.75, 3.05) is 13.1 Å². The van der Waals surface area contributed by atoms with Gasteiger partial charge in [0, 0.05) is 12.6 Å². The molecule has 5 nitrogen and oxygen atoms in total. The van der Waals surface area contributed by atoms with Crippen molar-refractivity contribution >= 4 is 5.91 Å². The van der Waals surface area contributed by atoms with Gasteiger partial charge in [0.2, 0.25) is 0 Å². The minimum absolute atomic E-state index is 0.100. The molecule has 1 fully saturated rings. The second-order valence-corrected chi connectivity index (χ2v) is 6.02. The Morgan fingerprint density at radius 1 is 1.17 bits per heavy atom. The Labute approximate surface area is 134 Å². The van der Waals surface area contributed by atoms with E-state index in [1.807, 2.05) is 31.2 Å². The summed E-state index contributed by atoms with van der Waals surface area (Å²) in [5.74, 6) is -0.717. The molecule has 0 spiro atoms. The van der Waals surface area contributed by atoms with Gasteiger partial charge in [0.1, 0.15) is 17.1 Å². The molecule has 1 amide bonds. The topological polar surface area (TPSA) is 81.0 Å². The molecular weight excluding hydrogens is 294 g/mol. The van der Waals surface area contributed by atoms with Gasteiger partial charge in [-0.25, -0.2) is 0 Å². The Kier molecular flexibility index (Phi) is 3.74. The summed E-state index contributed by atoms with van der Waals surface area (Å²) in [6, 6.07) is 11.5. The third-order valence-corrected chi connectivity index (χ3v) is 4.39. The summed E-state index contributed by atoms with van der Waals surface area (Å²) in [7, 11) is 0. The van der Waals surface area contributed by atoms with Crippen molar-refractivity contribution in [1.82, 2.24) is 4.90 Å². The molecule has 120 valence electrons. The highest BCUT2D eigenvalue weighted by atomic mass is 16.3. The van der Waals surface area contributed by atoms with E-state index in [-0.39, 0.29) is 29.5 Å². The van der Waals surface area contributed by atoms with Gasteiger partial charge in [0.15, 0.2) is 0 Å². The molecule has 2 aromatic carbocycles. The molecule has 1 unspecified atom stereocenters. The van der Waals surface area contributed by atoms with E-state index in [1.54, 1.807) is 0 Å². The highest BCUT2D eigenvalue weighted by molar-refractivity contribution is 5.97. The number of phenols is 2. The number of aryl methyl sites for hydroxylation is 1. The average molecular weight is 313 g/mol. The Morgan fingerprint density at radius 3 is 2.61 bits per heavy atom. The summed E-state index contributed by atoms with van der Waals surface area (Å²) < 4.78 is 0. The number of nitrogens with zero attached hydrogens (tertiary/aromatic N) is 1. The van der Waals surface area contributed by atoms with Crippen LogP contribution in [0.15, 0.2) is 42.5 Å². The summed E-state index contributed by atoms with van der Waals surface area (Å²) in [6.45, 7) is 2.52. The molecular formula is C18H19NO4. The standard InChI is InChI=1S/C18H19NO4/c1-12-4-2-3-5-15(12)18(23)8-9-19(11-18)17(22)14-7-6-13(20)10-16(14)21/h2-7,10,20-21,23H,8-9,11H2,1H3. The molecule has 3 rings (SSSR count). The number of aromatic hydroxyl groups is 2. The minimum Gasteiger partial charge on any atom is -0.508 e. The number of amides is 1. The van der Waals surface area contributed by atoms with Crippen LogP contribution >= 0.6 is 0 Å². The van der Waals surface area contributed by atoms with Crippen molar-refractivity contribution in [1.29, 1.82) is 0 Å². The highest BCUT2D eigenvalue weighted by Crippen LogP contribution is 2.35. The lowest BCUT2D eigenvalue weighted by atomic mass is 9.89. The maximum absolute atomic E-state index is 12.6. The van der Waals surface area contributed by atoms with Crippen molar-refractivity contribution in [3.05, 3.63) is 59.2 Å². The number of β-amino-alcohol motifs (C(OH)–C–C–N with tert-alkyl or cyclic N) is 1. The maximum Gasteiger partial charge on any atom is 0.257 e. The second kappa shape index (κ2) is 5.59. The van der Waals surface area contributed by atoms with Crippen molar-refractivity contribution in [2.24, 2.45) is 0 Å². The summed E-state index contributed by atoms with van der Waals surface area (Å²) >= 11 is 0. The zero-order chi connectivity index (χ0) is 16.6.